The first-order chi connectivity index (χ1) is 10.2. The molecule has 0 saturated heterocycles. The highest BCUT2D eigenvalue weighted by Crippen LogP contribution is 2.36. The zero-order valence-corrected chi connectivity index (χ0v) is 11.5. The van der Waals surface area contributed by atoms with Crippen molar-refractivity contribution in [3.8, 4) is 11.5 Å². The fraction of sp³-hybridized carbons (Fsp3) is 0.133. The molecule has 0 unspecified atom stereocenters. The van der Waals surface area contributed by atoms with Crippen LogP contribution in [0.1, 0.15) is 20.7 Å². The molecule has 0 radical (unpaired) electrons. The molecule has 2 heterocycles. The van der Waals surface area contributed by atoms with E-state index in [1.54, 1.807) is 18.2 Å². The van der Waals surface area contributed by atoms with Gasteiger partial charge in [-0.3, -0.25) is 14.6 Å². The number of carbonyl (C=O) groups excluding carboxylic acids is 2. The Morgan fingerprint density at radius 2 is 1.76 bits per heavy atom. The van der Waals surface area contributed by atoms with Crippen molar-refractivity contribution in [3.63, 3.8) is 0 Å². The Morgan fingerprint density at radius 3 is 2.43 bits per heavy atom. The molecule has 1 aromatic carbocycles. The van der Waals surface area contributed by atoms with Gasteiger partial charge in [-0.15, -0.1) is 0 Å². The molecule has 2 aromatic rings. The maximum atomic E-state index is 12.5. The smallest absolute Gasteiger partial charge is 0.267 e. The molecule has 6 heteroatoms. The minimum Gasteiger partial charge on any atom is -0.497 e. The average Bonchev–Trinajstić information content (AvgIpc) is 2.78. The molecule has 0 atom stereocenters. The van der Waals surface area contributed by atoms with Gasteiger partial charge in [-0.25, -0.2) is 4.90 Å². The summed E-state index contributed by atoms with van der Waals surface area (Å²) >= 11 is 0. The summed E-state index contributed by atoms with van der Waals surface area (Å²) in [5.41, 5.74) is 0.968. The van der Waals surface area contributed by atoms with Gasteiger partial charge in [-0.1, -0.05) is 0 Å². The lowest BCUT2D eigenvalue weighted by atomic mass is 10.2. The molecule has 0 fully saturated rings. The van der Waals surface area contributed by atoms with Crippen LogP contribution < -0.4 is 14.4 Å². The van der Waals surface area contributed by atoms with E-state index in [2.05, 4.69) is 4.98 Å². The van der Waals surface area contributed by atoms with E-state index < -0.39 is 11.8 Å². The Kier molecular flexibility index (Phi) is 3.06. The molecular formula is C15H12N2O4. The van der Waals surface area contributed by atoms with E-state index >= 15 is 0 Å². The number of imide groups is 1. The van der Waals surface area contributed by atoms with E-state index in [9.17, 15) is 9.59 Å². The molecule has 3 rings (SSSR count). The van der Waals surface area contributed by atoms with Crippen LogP contribution >= 0.6 is 0 Å². The molecule has 0 bridgehead atoms. The predicted octanol–water partition coefficient (Wildman–Crippen LogP) is 1.90. The number of ether oxygens (including phenoxy) is 2. The van der Waals surface area contributed by atoms with Crippen LogP contribution in [0.2, 0.25) is 0 Å². The molecule has 0 spiro atoms. The molecule has 1 aliphatic rings. The number of anilines is 1. The number of hydrogen-bond donors (Lipinski definition) is 0. The Bertz CT molecular complexity index is 707. The summed E-state index contributed by atoms with van der Waals surface area (Å²) in [4.78, 5) is 29.9. The number of benzene rings is 1. The third kappa shape index (κ3) is 1.92. The molecule has 0 aliphatic carbocycles. The first-order valence-electron chi connectivity index (χ1n) is 6.22. The maximum Gasteiger partial charge on any atom is 0.267 e. The summed E-state index contributed by atoms with van der Waals surface area (Å²) < 4.78 is 10.4. The van der Waals surface area contributed by atoms with Crippen LogP contribution in [0.4, 0.5) is 5.69 Å². The van der Waals surface area contributed by atoms with Crippen molar-refractivity contribution < 1.29 is 19.1 Å². The minimum atomic E-state index is -0.422. The second-order valence-electron chi connectivity index (χ2n) is 4.40. The van der Waals surface area contributed by atoms with E-state index in [4.69, 9.17) is 9.47 Å². The third-order valence-corrected chi connectivity index (χ3v) is 3.31. The number of rotatable bonds is 3. The van der Waals surface area contributed by atoms with Gasteiger partial charge in [0, 0.05) is 18.5 Å². The molecule has 2 amide bonds. The quantitative estimate of drug-likeness (QED) is 0.805. The average molecular weight is 284 g/mol. The SMILES string of the molecule is COc1ccc(OC)c(N2C(=O)c3ccncc3C2=O)c1. The van der Waals surface area contributed by atoms with E-state index in [1.807, 2.05) is 0 Å². The largest absolute Gasteiger partial charge is 0.497 e. The predicted molar refractivity (Wildman–Crippen MR) is 74.9 cm³/mol. The van der Waals surface area contributed by atoms with Crippen molar-refractivity contribution >= 4 is 17.5 Å². The standard InChI is InChI=1S/C15H12N2O4/c1-20-9-3-4-13(21-2)12(7-9)17-14(18)10-5-6-16-8-11(10)15(17)19/h3-8H,1-2H3. The van der Waals surface area contributed by atoms with Crippen LogP contribution in [0.5, 0.6) is 11.5 Å². The summed E-state index contributed by atoms with van der Waals surface area (Å²) in [5.74, 6) is 0.123. The van der Waals surface area contributed by atoms with Gasteiger partial charge < -0.3 is 9.47 Å². The number of hydrogen-bond acceptors (Lipinski definition) is 5. The lowest BCUT2D eigenvalue weighted by Crippen LogP contribution is -2.29. The van der Waals surface area contributed by atoms with E-state index in [0.29, 0.717) is 22.7 Å². The summed E-state index contributed by atoms with van der Waals surface area (Å²) in [7, 11) is 2.99. The van der Waals surface area contributed by atoms with Gasteiger partial charge in [0.1, 0.15) is 11.5 Å². The number of aromatic nitrogens is 1. The Labute approximate surface area is 120 Å². The van der Waals surface area contributed by atoms with Crippen molar-refractivity contribution in [1.29, 1.82) is 0 Å². The van der Waals surface area contributed by atoms with Crippen molar-refractivity contribution in [1.82, 2.24) is 4.98 Å². The third-order valence-electron chi connectivity index (χ3n) is 3.31. The van der Waals surface area contributed by atoms with Crippen LogP contribution in [0.15, 0.2) is 36.7 Å². The Balaban J connectivity index is 2.14. The normalized spacial score (nSPS) is 13.3. The molecule has 106 valence electrons. The summed E-state index contributed by atoms with van der Waals surface area (Å²) in [6.45, 7) is 0. The first-order valence-corrected chi connectivity index (χ1v) is 6.22. The highest BCUT2D eigenvalue weighted by Gasteiger charge is 2.38. The number of nitrogens with zero attached hydrogens (tertiary/aromatic N) is 2. The van der Waals surface area contributed by atoms with Crippen LogP contribution in [-0.2, 0) is 0 Å². The van der Waals surface area contributed by atoms with Gasteiger partial charge in [-0.2, -0.15) is 0 Å². The van der Waals surface area contributed by atoms with Gasteiger partial charge in [-0.05, 0) is 18.2 Å². The monoisotopic (exact) mass is 284 g/mol. The van der Waals surface area contributed by atoms with E-state index in [-0.39, 0.29) is 5.56 Å². The maximum absolute atomic E-state index is 12.5. The molecule has 1 aromatic heterocycles. The Morgan fingerprint density at radius 1 is 1.00 bits per heavy atom. The summed E-state index contributed by atoms with van der Waals surface area (Å²) in [6.07, 6.45) is 2.87. The van der Waals surface area contributed by atoms with Crippen LogP contribution in [0, 0.1) is 0 Å². The first kappa shape index (κ1) is 13.1. The zero-order chi connectivity index (χ0) is 15.0. The molecule has 0 N–H and O–H groups in total. The van der Waals surface area contributed by atoms with E-state index in [1.165, 1.54) is 32.7 Å². The van der Waals surface area contributed by atoms with Gasteiger partial charge >= 0.3 is 0 Å². The second-order valence-corrected chi connectivity index (χ2v) is 4.40. The number of carbonyl (C=O) groups is 2. The Hall–Kier alpha value is -2.89. The van der Waals surface area contributed by atoms with Crippen molar-refractivity contribution in [2.75, 3.05) is 19.1 Å². The summed E-state index contributed by atoms with van der Waals surface area (Å²) in [6, 6.07) is 6.47. The molecule has 0 saturated carbocycles. The molecular weight excluding hydrogens is 272 g/mol. The molecule has 21 heavy (non-hydrogen) atoms. The fourth-order valence-corrected chi connectivity index (χ4v) is 2.27. The van der Waals surface area contributed by atoms with Crippen molar-refractivity contribution in [2.45, 2.75) is 0 Å². The van der Waals surface area contributed by atoms with E-state index in [0.717, 1.165) is 4.90 Å². The van der Waals surface area contributed by atoms with Crippen molar-refractivity contribution in [2.24, 2.45) is 0 Å². The lowest BCUT2D eigenvalue weighted by molar-refractivity contribution is 0.0925. The van der Waals surface area contributed by atoms with Crippen LogP contribution in [0.3, 0.4) is 0 Å². The summed E-state index contributed by atoms with van der Waals surface area (Å²) in [5, 5.41) is 0. The van der Waals surface area contributed by atoms with Gasteiger partial charge in [0.05, 0.1) is 31.0 Å². The molecule has 6 nitrogen and oxygen atoms in total. The second kappa shape index (κ2) is 4.90. The highest BCUT2D eigenvalue weighted by atomic mass is 16.5. The zero-order valence-electron chi connectivity index (χ0n) is 11.5. The number of methoxy groups -OCH3 is 2. The topological polar surface area (TPSA) is 68.7 Å². The van der Waals surface area contributed by atoms with Crippen LogP contribution in [0.25, 0.3) is 0 Å². The lowest BCUT2D eigenvalue weighted by Gasteiger charge is -2.18. The van der Waals surface area contributed by atoms with Gasteiger partial charge in [0.25, 0.3) is 11.8 Å². The number of pyridine rings is 1. The fourth-order valence-electron chi connectivity index (χ4n) is 2.27. The van der Waals surface area contributed by atoms with Gasteiger partial charge in [0.15, 0.2) is 0 Å². The van der Waals surface area contributed by atoms with Gasteiger partial charge in [0.2, 0.25) is 0 Å². The van der Waals surface area contributed by atoms with Crippen LogP contribution in [-0.4, -0.2) is 31.0 Å². The molecule has 1 aliphatic heterocycles. The minimum absolute atomic E-state index is 0.285. The highest BCUT2D eigenvalue weighted by molar-refractivity contribution is 6.34. The number of fused-ring (bicyclic) bond motifs is 1. The number of amides is 2. The van der Waals surface area contributed by atoms with Crippen molar-refractivity contribution in [3.05, 3.63) is 47.8 Å².